The van der Waals surface area contributed by atoms with Gasteiger partial charge in [-0.05, 0) is 0 Å². The number of aliphatic hydroxyl groups is 2. The molecule has 4 heteroatoms. The van der Waals surface area contributed by atoms with E-state index in [9.17, 15) is 5.11 Å². The predicted molar refractivity (Wildman–Crippen MR) is 42.8 cm³/mol. The lowest BCUT2D eigenvalue weighted by atomic mass is 9.92. The normalized spacial score (nSPS) is 43.0. The lowest BCUT2D eigenvalue weighted by molar-refractivity contribution is -0.173. The lowest BCUT2D eigenvalue weighted by Crippen LogP contribution is -2.50. The summed E-state index contributed by atoms with van der Waals surface area (Å²) in [5, 5.41) is 18.3. The molecule has 4 nitrogen and oxygen atoms in total. The molecule has 0 spiro atoms. The molecular weight excluding hydrogens is 160 g/mol. The van der Waals surface area contributed by atoms with Crippen LogP contribution in [0.15, 0.2) is 0 Å². The molecule has 0 aromatic rings. The largest absolute Gasteiger partial charge is 0.394 e. The summed E-state index contributed by atoms with van der Waals surface area (Å²) >= 11 is 0. The molecule has 4 atom stereocenters. The summed E-state index contributed by atoms with van der Waals surface area (Å²) in [4.78, 5) is 0. The van der Waals surface area contributed by atoms with E-state index < -0.39 is 6.10 Å². The molecule has 2 N–H and O–H groups in total. The van der Waals surface area contributed by atoms with Crippen molar-refractivity contribution in [3.63, 3.8) is 0 Å². The van der Waals surface area contributed by atoms with E-state index in [0.717, 1.165) is 0 Å². The molecule has 1 aliphatic heterocycles. The zero-order chi connectivity index (χ0) is 9.14. The van der Waals surface area contributed by atoms with Crippen molar-refractivity contribution < 1.29 is 19.7 Å². The second-order valence-electron chi connectivity index (χ2n) is 3.18. The number of methoxy groups -OCH3 is 1. The zero-order valence-electron chi connectivity index (χ0n) is 7.43. The van der Waals surface area contributed by atoms with Crippen molar-refractivity contribution in [2.24, 2.45) is 5.92 Å². The summed E-state index contributed by atoms with van der Waals surface area (Å²) in [5.74, 6) is 0.0312. The number of hydrogen-bond donors (Lipinski definition) is 2. The van der Waals surface area contributed by atoms with Gasteiger partial charge in [-0.2, -0.15) is 0 Å². The fourth-order valence-corrected chi connectivity index (χ4v) is 1.62. The minimum atomic E-state index is -0.576. The highest BCUT2D eigenvalue weighted by molar-refractivity contribution is 4.84. The van der Waals surface area contributed by atoms with Crippen LogP contribution in [0.3, 0.4) is 0 Å². The Hall–Kier alpha value is -0.160. The van der Waals surface area contributed by atoms with E-state index in [2.05, 4.69) is 0 Å². The van der Waals surface area contributed by atoms with Gasteiger partial charge in [0, 0.05) is 13.0 Å². The fourth-order valence-electron chi connectivity index (χ4n) is 1.62. The molecule has 0 unspecified atom stereocenters. The summed E-state index contributed by atoms with van der Waals surface area (Å²) in [6, 6.07) is 0. The maximum absolute atomic E-state index is 9.42. The minimum Gasteiger partial charge on any atom is -0.394 e. The van der Waals surface area contributed by atoms with Crippen molar-refractivity contribution >= 4 is 0 Å². The van der Waals surface area contributed by atoms with Crippen molar-refractivity contribution in [2.75, 3.05) is 20.3 Å². The Morgan fingerprint density at radius 2 is 2.25 bits per heavy atom. The van der Waals surface area contributed by atoms with Crippen LogP contribution < -0.4 is 0 Å². The molecule has 0 aliphatic carbocycles. The van der Waals surface area contributed by atoms with Gasteiger partial charge in [0.1, 0.15) is 6.10 Å². The van der Waals surface area contributed by atoms with Gasteiger partial charge in [0.2, 0.25) is 0 Å². The van der Waals surface area contributed by atoms with E-state index >= 15 is 0 Å². The van der Waals surface area contributed by atoms with Gasteiger partial charge >= 0.3 is 0 Å². The summed E-state index contributed by atoms with van der Waals surface area (Å²) in [6.07, 6.45) is -1.01. The number of aliphatic hydroxyl groups excluding tert-OH is 2. The molecule has 0 aromatic carbocycles. The van der Waals surface area contributed by atoms with Crippen LogP contribution in [0.25, 0.3) is 0 Å². The van der Waals surface area contributed by atoms with Gasteiger partial charge in [0.25, 0.3) is 0 Å². The Bertz CT molecular complexity index is 139. The maximum atomic E-state index is 9.42. The average molecular weight is 176 g/mol. The Morgan fingerprint density at radius 3 is 2.75 bits per heavy atom. The summed E-state index contributed by atoms with van der Waals surface area (Å²) in [7, 11) is 1.56. The lowest BCUT2D eigenvalue weighted by Gasteiger charge is -2.37. The van der Waals surface area contributed by atoms with Crippen LogP contribution in [-0.4, -0.2) is 48.8 Å². The monoisotopic (exact) mass is 176 g/mol. The first-order valence-electron chi connectivity index (χ1n) is 4.14. The first-order chi connectivity index (χ1) is 5.70. The van der Waals surface area contributed by atoms with Crippen LogP contribution >= 0.6 is 0 Å². The smallest absolute Gasteiger partial charge is 0.104 e. The van der Waals surface area contributed by atoms with Gasteiger partial charge in [-0.1, -0.05) is 6.92 Å². The predicted octanol–water partition coefficient (Wildman–Crippen LogP) is -0.611. The number of ether oxygens (including phenoxy) is 2. The number of hydrogen-bond acceptors (Lipinski definition) is 4. The molecule has 0 bridgehead atoms. The molecule has 1 fully saturated rings. The van der Waals surface area contributed by atoms with Gasteiger partial charge in [-0.15, -0.1) is 0 Å². The third kappa shape index (κ3) is 1.77. The molecule has 1 aliphatic rings. The highest BCUT2D eigenvalue weighted by Gasteiger charge is 2.36. The highest BCUT2D eigenvalue weighted by Crippen LogP contribution is 2.23. The SMILES string of the molecule is CO[C@H]1[C@H](C)[C@@H](CO)OC[C@@H]1O. The third-order valence-corrected chi connectivity index (χ3v) is 2.42. The highest BCUT2D eigenvalue weighted by atomic mass is 16.5. The molecular formula is C8H16O4. The van der Waals surface area contributed by atoms with Crippen LogP contribution in [0.1, 0.15) is 6.92 Å². The topological polar surface area (TPSA) is 58.9 Å². The minimum absolute atomic E-state index is 0.0201. The average Bonchev–Trinajstić information content (AvgIpc) is 2.06. The summed E-state index contributed by atoms with van der Waals surface area (Å²) < 4.78 is 10.3. The molecule has 0 amide bonds. The zero-order valence-corrected chi connectivity index (χ0v) is 7.43. The Balaban J connectivity index is 2.56. The second-order valence-corrected chi connectivity index (χ2v) is 3.18. The van der Waals surface area contributed by atoms with Gasteiger partial charge in [0.15, 0.2) is 0 Å². The maximum Gasteiger partial charge on any atom is 0.104 e. The number of rotatable bonds is 2. The molecule has 0 aromatic heterocycles. The summed E-state index contributed by atoms with van der Waals surface area (Å²) in [6.45, 7) is 2.12. The van der Waals surface area contributed by atoms with E-state index in [-0.39, 0.29) is 31.3 Å². The molecule has 1 heterocycles. The standard InChI is InChI=1S/C8H16O4/c1-5-7(3-9)12-4-6(10)8(5)11-2/h5-10H,3-4H2,1-2H3/t5-,6+,7-,8+/m1/s1. The van der Waals surface area contributed by atoms with Crippen molar-refractivity contribution in [1.29, 1.82) is 0 Å². The Labute approximate surface area is 72.1 Å². The van der Waals surface area contributed by atoms with Crippen molar-refractivity contribution in [3.8, 4) is 0 Å². The Morgan fingerprint density at radius 1 is 1.58 bits per heavy atom. The van der Waals surface area contributed by atoms with Crippen molar-refractivity contribution in [1.82, 2.24) is 0 Å². The van der Waals surface area contributed by atoms with Crippen LogP contribution in [-0.2, 0) is 9.47 Å². The molecule has 1 rings (SSSR count). The van der Waals surface area contributed by atoms with Crippen LogP contribution in [0.2, 0.25) is 0 Å². The van der Waals surface area contributed by atoms with Crippen molar-refractivity contribution in [3.05, 3.63) is 0 Å². The molecule has 12 heavy (non-hydrogen) atoms. The van der Waals surface area contributed by atoms with Gasteiger partial charge in [-0.25, -0.2) is 0 Å². The van der Waals surface area contributed by atoms with Gasteiger partial charge in [-0.3, -0.25) is 0 Å². The second kappa shape index (κ2) is 4.18. The van der Waals surface area contributed by atoms with Crippen LogP contribution in [0.4, 0.5) is 0 Å². The van der Waals surface area contributed by atoms with Crippen LogP contribution in [0, 0.1) is 5.92 Å². The first kappa shape index (κ1) is 9.92. The van der Waals surface area contributed by atoms with Crippen LogP contribution in [0.5, 0.6) is 0 Å². The quantitative estimate of drug-likeness (QED) is 0.589. The van der Waals surface area contributed by atoms with Gasteiger partial charge in [0.05, 0.1) is 25.4 Å². The fraction of sp³-hybridized carbons (Fsp3) is 1.00. The third-order valence-electron chi connectivity index (χ3n) is 2.42. The first-order valence-corrected chi connectivity index (χ1v) is 4.14. The van der Waals surface area contributed by atoms with Crippen molar-refractivity contribution in [2.45, 2.75) is 25.2 Å². The van der Waals surface area contributed by atoms with E-state index in [1.165, 1.54) is 0 Å². The molecule has 0 saturated carbocycles. The van der Waals surface area contributed by atoms with E-state index in [1.54, 1.807) is 7.11 Å². The summed E-state index contributed by atoms with van der Waals surface area (Å²) in [5.41, 5.74) is 0. The van der Waals surface area contributed by atoms with Gasteiger partial charge < -0.3 is 19.7 Å². The molecule has 1 saturated heterocycles. The van der Waals surface area contributed by atoms with E-state index in [0.29, 0.717) is 0 Å². The van der Waals surface area contributed by atoms with E-state index in [4.69, 9.17) is 14.6 Å². The van der Waals surface area contributed by atoms with E-state index in [1.807, 2.05) is 6.92 Å². The molecule has 0 radical (unpaired) electrons. The Kier molecular flexibility index (Phi) is 3.46. The molecule has 72 valence electrons.